The predicted molar refractivity (Wildman–Crippen MR) is 74.3 cm³/mol. The first kappa shape index (κ1) is 14.0. The highest BCUT2D eigenvalue weighted by molar-refractivity contribution is 6.30. The van der Waals surface area contributed by atoms with E-state index < -0.39 is 11.6 Å². The van der Waals surface area contributed by atoms with Gasteiger partial charge in [0.2, 0.25) is 0 Å². The van der Waals surface area contributed by atoms with E-state index in [1.807, 2.05) is 13.1 Å². The number of hydrogen-bond donors (Lipinski definition) is 1. The molecule has 0 fully saturated rings. The number of halogens is 3. The zero-order valence-electron chi connectivity index (χ0n) is 10.7. The van der Waals surface area contributed by atoms with Crippen LogP contribution in [-0.2, 0) is 6.54 Å². The molecule has 0 radical (unpaired) electrons. The molecule has 0 aliphatic heterocycles. The highest BCUT2D eigenvalue weighted by Gasteiger charge is 2.13. The zero-order valence-corrected chi connectivity index (χ0v) is 11.5. The largest absolute Gasteiger partial charge is 0.316 e. The fraction of sp³-hybridized carbons (Fsp3) is 0.200. The van der Waals surface area contributed by atoms with Gasteiger partial charge in [0.15, 0.2) is 0 Å². The maximum Gasteiger partial charge on any atom is 0.133 e. The summed E-state index contributed by atoms with van der Waals surface area (Å²) >= 11 is 5.97. The van der Waals surface area contributed by atoms with Crippen molar-refractivity contribution in [2.45, 2.75) is 13.5 Å². The Morgan fingerprint density at radius 1 is 1.05 bits per heavy atom. The van der Waals surface area contributed by atoms with Crippen LogP contribution in [0.5, 0.6) is 0 Å². The molecule has 2 aromatic carbocycles. The topological polar surface area (TPSA) is 12.0 Å². The molecule has 19 heavy (non-hydrogen) atoms. The maximum absolute atomic E-state index is 14.0. The molecule has 2 aromatic rings. The SMILES string of the molecule is CNCc1ccc(Cl)cc1-c1cc(C)c(F)cc1F. The van der Waals surface area contributed by atoms with Crippen LogP contribution in [0.25, 0.3) is 11.1 Å². The number of rotatable bonds is 3. The Morgan fingerprint density at radius 3 is 2.47 bits per heavy atom. The van der Waals surface area contributed by atoms with Crippen LogP contribution < -0.4 is 5.32 Å². The summed E-state index contributed by atoms with van der Waals surface area (Å²) in [5, 5.41) is 3.54. The van der Waals surface area contributed by atoms with Crippen LogP contribution >= 0.6 is 11.6 Å². The number of benzene rings is 2. The fourth-order valence-electron chi connectivity index (χ4n) is 2.01. The van der Waals surface area contributed by atoms with Crippen molar-refractivity contribution in [3.05, 3.63) is 58.1 Å². The van der Waals surface area contributed by atoms with E-state index in [0.717, 1.165) is 11.6 Å². The molecular formula is C15H14ClF2N. The van der Waals surface area contributed by atoms with Crippen molar-refractivity contribution in [1.29, 1.82) is 0 Å². The summed E-state index contributed by atoms with van der Waals surface area (Å²) in [7, 11) is 1.81. The minimum absolute atomic E-state index is 0.367. The van der Waals surface area contributed by atoms with E-state index in [-0.39, 0.29) is 0 Å². The van der Waals surface area contributed by atoms with Gasteiger partial charge >= 0.3 is 0 Å². The van der Waals surface area contributed by atoms with Gasteiger partial charge in [-0.1, -0.05) is 17.7 Å². The summed E-state index contributed by atoms with van der Waals surface area (Å²) in [4.78, 5) is 0. The molecule has 2 rings (SSSR count). The Balaban J connectivity index is 2.63. The lowest BCUT2D eigenvalue weighted by Crippen LogP contribution is -2.07. The maximum atomic E-state index is 14.0. The van der Waals surface area contributed by atoms with E-state index in [9.17, 15) is 8.78 Å². The molecule has 0 amide bonds. The first-order valence-electron chi connectivity index (χ1n) is 5.92. The Labute approximate surface area is 116 Å². The van der Waals surface area contributed by atoms with Crippen LogP contribution in [-0.4, -0.2) is 7.05 Å². The molecule has 0 aliphatic rings. The summed E-state index contributed by atoms with van der Waals surface area (Å²) in [5.41, 5.74) is 2.37. The lowest BCUT2D eigenvalue weighted by molar-refractivity contribution is 0.579. The second-order valence-corrected chi connectivity index (χ2v) is 4.85. The van der Waals surface area contributed by atoms with Crippen molar-refractivity contribution in [2.75, 3.05) is 7.05 Å². The number of aryl methyl sites for hydroxylation is 1. The number of nitrogens with one attached hydrogen (secondary N) is 1. The van der Waals surface area contributed by atoms with Gasteiger partial charge in [-0.3, -0.25) is 0 Å². The van der Waals surface area contributed by atoms with Gasteiger partial charge in [-0.05, 0) is 48.9 Å². The van der Waals surface area contributed by atoms with Crippen molar-refractivity contribution in [2.24, 2.45) is 0 Å². The molecule has 0 aliphatic carbocycles. The summed E-state index contributed by atoms with van der Waals surface area (Å²) in [6, 6.07) is 7.71. The molecule has 100 valence electrons. The van der Waals surface area contributed by atoms with Crippen LogP contribution in [0.2, 0.25) is 5.02 Å². The second kappa shape index (κ2) is 5.68. The molecule has 0 atom stereocenters. The standard InChI is InChI=1S/C15H14ClF2N/c1-9-5-13(15(18)7-14(9)17)12-6-11(16)4-3-10(12)8-19-2/h3-7,19H,8H2,1-2H3. The third kappa shape index (κ3) is 2.94. The smallest absolute Gasteiger partial charge is 0.133 e. The summed E-state index contributed by atoms with van der Waals surface area (Å²) in [5.74, 6) is -1.12. The molecule has 4 heteroatoms. The average molecular weight is 282 g/mol. The quantitative estimate of drug-likeness (QED) is 0.884. The average Bonchev–Trinajstić information content (AvgIpc) is 2.36. The Kier molecular flexibility index (Phi) is 4.17. The molecule has 1 N–H and O–H groups in total. The molecule has 0 unspecified atom stereocenters. The highest BCUT2D eigenvalue weighted by atomic mass is 35.5. The molecule has 0 saturated heterocycles. The van der Waals surface area contributed by atoms with Gasteiger partial charge in [0.05, 0.1) is 0 Å². The van der Waals surface area contributed by atoms with Crippen LogP contribution in [0.1, 0.15) is 11.1 Å². The normalized spacial score (nSPS) is 10.8. The van der Waals surface area contributed by atoms with Crippen molar-refractivity contribution in [3.8, 4) is 11.1 Å². The van der Waals surface area contributed by atoms with Crippen LogP contribution in [0.4, 0.5) is 8.78 Å². The third-order valence-corrected chi connectivity index (χ3v) is 3.21. The van der Waals surface area contributed by atoms with Crippen molar-refractivity contribution >= 4 is 11.6 Å². The van der Waals surface area contributed by atoms with Crippen LogP contribution in [0, 0.1) is 18.6 Å². The lowest BCUT2D eigenvalue weighted by atomic mass is 9.97. The Hall–Kier alpha value is -1.45. The van der Waals surface area contributed by atoms with Gasteiger partial charge in [-0.2, -0.15) is 0 Å². The van der Waals surface area contributed by atoms with Crippen molar-refractivity contribution < 1.29 is 8.78 Å². The zero-order chi connectivity index (χ0) is 14.0. The van der Waals surface area contributed by atoms with Gasteiger partial charge in [0, 0.05) is 23.2 Å². The molecule has 0 spiro atoms. The van der Waals surface area contributed by atoms with Gasteiger partial charge in [-0.15, -0.1) is 0 Å². The van der Waals surface area contributed by atoms with E-state index in [4.69, 9.17) is 11.6 Å². The summed E-state index contributed by atoms with van der Waals surface area (Å²) in [6.45, 7) is 2.20. The molecule has 0 bridgehead atoms. The van der Waals surface area contributed by atoms with Gasteiger partial charge in [0.1, 0.15) is 11.6 Å². The Bertz CT molecular complexity index is 611. The van der Waals surface area contributed by atoms with E-state index in [1.165, 1.54) is 6.07 Å². The molecule has 0 aromatic heterocycles. The van der Waals surface area contributed by atoms with E-state index in [0.29, 0.717) is 28.3 Å². The van der Waals surface area contributed by atoms with E-state index >= 15 is 0 Å². The summed E-state index contributed by atoms with van der Waals surface area (Å²) < 4.78 is 27.3. The van der Waals surface area contributed by atoms with Crippen LogP contribution in [0.3, 0.4) is 0 Å². The van der Waals surface area contributed by atoms with Gasteiger partial charge in [0.25, 0.3) is 0 Å². The van der Waals surface area contributed by atoms with E-state index in [1.54, 1.807) is 19.1 Å². The summed E-state index contributed by atoms with van der Waals surface area (Å²) in [6.07, 6.45) is 0. The molecular weight excluding hydrogens is 268 g/mol. The van der Waals surface area contributed by atoms with Gasteiger partial charge < -0.3 is 5.32 Å². The lowest BCUT2D eigenvalue weighted by Gasteiger charge is -2.12. The minimum Gasteiger partial charge on any atom is -0.316 e. The Morgan fingerprint density at radius 2 is 1.79 bits per heavy atom. The number of hydrogen-bond acceptors (Lipinski definition) is 1. The first-order valence-corrected chi connectivity index (χ1v) is 6.29. The monoisotopic (exact) mass is 281 g/mol. The van der Waals surface area contributed by atoms with Crippen LogP contribution in [0.15, 0.2) is 30.3 Å². The highest BCUT2D eigenvalue weighted by Crippen LogP contribution is 2.30. The van der Waals surface area contributed by atoms with Crippen molar-refractivity contribution in [3.63, 3.8) is 0 Å². The first-order chi connectivity index (χ1) is 9.02. The third-order valence-electron chi connectivity index (χ3n) is 2.98. The predicted octanol–water partition coefficient (Wildman–Crippen LogP) is 4.31. The molecule has 0 saturated carbocycles. The fourth-order valence-corrected chi connectivity index (χ4v) is 2.18. The molecule has 1 nitrogen and oxygen atoms in total. The molecule has 0 heterocycles. The second-order valence-electron chi connectivity index (χ2n) is 4.41. The van der Waals surface area contributed by atoms with Crippen molar-refractivity contribution in [1.82, 2.24) is 5.32 Å². The van der Waals surface area contributed by atoms with Gasteiger partial charge in [-0.25, -0.2) is 8.78 Å². The minimum atomic E-state index is -0.581. The van der Waals surface area contributed by atoms with E-state index in [2.05, 4.69) is 5.32 Å².